The van der Waals surface area contributed by atoms with E-state index in [1.54, 1.807) is 13.2 Å². The molecule has 0 bridgehead atoms. The van der Waals surface area contributed by atoms with E-state index in [1.165, 1.54) is 33.4 Å². The Kier molecular flexibility index (Phi) is 7.99. The van der Waals surface area contributed by atoms with Gasteiger partial charge in [0.05, 0.1) is 19.3 Å². The summed E-state index contributed by atoms with van der Waals surface area (Å²) in [7, 11) is 1.70. The number of rotatable bonds is 8. The molecule has 1 N–H and O–H groups in total. The monoisotopic (exact) mass is 525 g/mol. The van der Waals surface area contributed by atoms with Crippen LogP contribution >= 0.6 is 0 Å². The minimum atomic E-state index is -0.897. The fourth-order valence-corrected chi connectivity index (χ4v) is 6.06. The van der Waals surface area contributed by atoms with Crippen LogP contribution in [0.1, 0.15) is 68.6 Å². The van der Waals surface area contributed by atoms with Gasteiger partial charge in [-0.1, -0.05) is 36.4 Å². The van der Waals surface area contributed by atoms with E-state index in [2.05, 4.69) is 61.2 Å². The predicted molar refractivity (Wildman–Crippen MR) is 156 cm³/mol. The first-order valence-electron chi connectivity index (χ1n) is 13.7. The Morgan fingerprint density at radius 3 is 2.38 bits per heavy atom. The molecule has 3 aromatic carbocycles. The summed E-state index contributed by atoms with van der Waals surface area (Å²) >= 11 is 0. The molecule has 0 unspecified atom stereocenters. The average molecular weight is 526 g/mol. The highest BCUT2D eigenvalue weighted by atomic mass is 19.1. The molecule has 1 saturated heterocycles. The Morgan fingerprint density at radius 2 is 1.74 bits per heavy atom. The fraction of sp³-hybridized carbons (Fsp3) is 0.324. The van der Waals surface area contributed by atoms with Gasteiger partial charge in [-0.15, -0.1) is 0 Å². The molecular formula is C34H36FNO3. The van der Waals surface area contributed by atoms with E-state index in [0.717, 1.165) is 66.9 Å². The van der Waals surface area contributed by atoms with Crippen LogP contribution in [0.3, 0.4) is 0 Å². The molecule has 202 valence electrons. The zero-order chi connectivity index (χ0) is 27.5. The van der Waals surface area contributed by atoms with Crippen LogP contribution in [0.5, 0.6) is 5.75 Å². The lowest BCUT2D eigenvalue weighted by Gasteiger charge is -2.33. The van der Waals surface area contributed by atoms with Crippen molar-refractivity contribution < 1.29 is 19.0 Å². The number of methoxy groups -OCH3 is 1. The molecule has 0 saturated carbocycles. The molecule has 3 aromatic rings. The van der Waals surface area contributed by atoms with Gasteiger partial charge in [0.1, 0.15) is 5.75 Å². The smallest absolute Gasteiger partial charge is 0.335 e. The van der Waals surface area contributed by atoms with Crippen molar-refractivity contribution in [3.8, 4) is 5.75 Å². The summed E-state index contributed by atoms with van der Waals surface area (Å²) < 4.78 is 18.0. The van der Waals surface area contributed by atoms with Crippen molar-refractivity contribution in [2.24, 2.45) is 0 Å². The van der Waals surface area contributed by atoms with E-state index >= 15 is 0 Å². The van der Waals surface area contributed by atoms with Gasteiger partial charge in [0.25, 0.3) is 0 Å². The van der Waals surface area contributed by atoms with Crippen molar-refractivity contribution in [3.05, 3.63) is 105 Å². The highest BCUT2D eigenvalue weighted by Crippen LogP contribution is 2.42. The van der Waals surface area contributed by atoms with Crippen molar-refractivity contribution in [2.75, 3.05) is 33.4 Å². The lowest BCUT2D eigenvalue weighted by Crippen LogP contribution is -2.40. The third-order valence-corrected chi connectivity index (χ3v) is 7.87. The van der Waals surface area contributed by atoms with Crippen molar-refractivity contribution in [3.63, 3.8) is 0 Å². The van der Waals surface area contributed by atoms with Crippen molar-refractivity contribution >= 4 is 23.2 Å². The Morgan fingerprint density at radius 1 is 1.03 bits per heavy atom. The Labute approximate surface area is 230 Å². The summed E-state index contributed by atoms with van der Waals surface area (Å²) in [6.45, 7) is 6.65. The highest BCUT2D eigenvalue weighted by Gasteiger charge is 2.24. The van der Waals surface area contributed by atoms with Gasteiger partial charge >= 0.3 is 5.97 Å². The Hall–Kier alpha value is -3.70. The molecule has 2 aliphatic rings. The molecule has 1 aliphatic carbocycles. The molecule has 0 spiro atoms. The first-order valence-corrected chi connectivity index (χ1v) is 13.7. The topological polar surface area (TPSA) is 49.8 Å². The first-order chi connectivity index (χ1) is 18.9. The maximum atomic E-state index is 12.5. The van der Waals surface area contributed by atoms with Crippen LogP contribution in [-0.2, 0) is 6.42 Å². The number of hydrogen-bond acceptors (Lipinski definition) is 3. The molecule has 0 amide bonds. The minimum absolute atomic E-state index is 0.259. The predicted octanol–water partition coefficient (Wildman–Crippen LogP) is 7.36. The van der Waals surface area contributed by atoms with Crippen molar-refractivity contribution in [1.29, 1.82) is 0 Å². The molecule has 1 heterocycles. The number of ether oxygens (including phenoxy) is 1. The number of fused-ring (bicyclic) bond motifs is 1. The number of carbonyl (C=O) groups is 1. The molecule has 1 aliphatic heterocycles. The largest absolute Gasteiger partial charge is 0.497 e. The van der Waals surface area contributed by atoms with Crippen molar-refractivity contribution in [1.82, 2.24) is 4.90 Å². The normalized spacial score (nSPS) is 15.4. The SMILES string of the molecule is COc1cc(C)c(C2=C(c3ccc(C=C4CN(CCCF)C4)cc3)c3ccc(C(=O)O)cc3CCC2)c(C)c1. The summed E-state index contributed by atoms with van der Waals surface area (Å²) in [5.41, 5.74) is 12.2. The maximum Gasteiger partial charge on any atom is 0.335 e. The molecule has 0 aromatic heterocycles. The van der Waals surface area contributed by atoms with Gasteiger partial charge in [-0.05, 0) is 119 Å². The number of alkyl halides is 1. The van der Waals surface area contributed by atoms with Gasteiger partial charge in [0.2, 0.25) is 0 Å². The number of benzene rings is 3. The van der Waals surface area contributed by atoms with E-state index in [-0.39, 0.29) is 6.67 Å². The third-order valence-electron chi connectivity index (χ3n) is 7.87. The van der Waals surface area contributed by atoms with Crippen LogP contribution in [0.4, 0.5) is 4.39 Å². The molecule has 0 radical (unpaired) electrons. The molecule has 5 heteroatoms. The molecule has 4 nitrogen and oxygen atoms in total. The van der Waals surface area contributed by atoms with E-state index in [9.17, 15) is 14.3 Å². The quantitative estimate of drug-likeness (QED) is 0.334. The van der Waals surface area contributed by atoms with Gasteiger partial charge in [-0.25, -0.2) is 4.79 Å². The lowest BCUT2D eigenvalue weighted by atomic mass is 9.84. The molecule has 0 atom stereocenters. The second kappa shape index (κ2) is 11.6. The maximum absolute atomic E-state index is 12.5. The van der Waals surface area contributed by atoms with Gasteiger partial charge in [0, 0.05) is 19.6 Å². The standard InChI is InChI=1S/C34H36FNO3/c1-22-16-29(39-3)17-23(2)32(22)31-7-4-6-27-19-28(34(37)38)12-13-30(27)33(31)26-10-8-24(9-11-26)18-25-20-36(21-25)15-5-14-35/h8-13,16-19H,4-7,14-15,20-21H2,1-3H3,(H,37,38). The Balaban J connectivity index is 1.59. The number of aryl methyl sites for hydroxylation is 3. The second-order valence-corrected chi connectivity index (χ2v) is 10.7. The van der Waals surface area contributed by atoms with Crippen LogP contribution in [0.25, 0.3) is 17.2 Å². The van der Waals surface area contributed by atoms with Crippen LogP contribution in [0.15, 0.2) is 60.2 Å². The second-order valence-electron chi connectivity index (χ2n) is 10.7. The number of allylic oxidation sites excluding steroid dienone is 1. The van der Waals surface area contributed by atoms with Gasteiger partial charge in [0.15, 0.2) is 0 Å². The summed E-state index contributed by atoms with van der Waals surface area (Å²) in [6.07, 6.45) is 5.52. The van der Waals surface area contributed by atoms with E-state index in [0.29, 0.717) is 12.0 Å². The number of carboxylic acids is 1. The van der Waals surface area contributed by atoms with E-state index in [4.69, 9.17) is 4.74 Å². The average Bonchev–Trinajstić information content (AvgIpc) is 3.08. The molecular weight excluding hydrogens is 489 g/mol. The number of nitrogens with zero attached hydrogens (tertiary/aromatic N) is 1. The van der Waals surface area contributed by atoms with Gasteiger partial charge < -0.3 is 9.84 Å². The summed E-state index contributed by atoms with van der Waals surface area (Å²) in [6, 6.07) is 18.5. The number of carboxylic acid groups (broad SMARTS) is 1. The highest BCUT2D eigenvalue weighted by molar-refractivity contribution is 6.01. The lowest BCUT2D eigenvalue weighted by molar-refractivity contribution is 0.0696. The molecule has 39 heavy (non-hydrogen) atoms. The fourth-order valence-electron chi connectivity index (χ4n) is 6.06. The number of halogens is 1. The molecule has 5 rings (SSSR count). The summed E-state index contributed by atoms with van der Waals surface area (Å²) in [4.78, 5) is 14.0. The van der Waals surface area contributed by atoms with Crippen LogP contribution in [0, 0.1) is 13.8 Å². The van der Waals surface area contributed by atoms with Crippen molar-refractivity contribution in [2.45, 2.75) is 39.5 Å². The third kappa shape index (κ3) is 5.69. The summed E-state index contributed by atoms with van der Waals surface area (Å²) in [5.74, 6) is -0.0426. The molecule has 1 fully saturated rings. The van der Waals surface area contributed by atoms with Crippen LogP contribution < -0.4 is 4.74 Å². The zero-order valence-electron chi connectivity index (χ0n) is 23.0. The van der Waals surface area contributed by atoms with Gasteiger partial charge in [-0.3, -0.25) is 9.29 Å². The van der Waals surface area contributed by atoms with Crippen LogP contribution in [-0.4, -0.2) is 49.4 Å². The van der Waals surface area contributed by atoms with Crippen LogP contribution in [0.2, 0.25) is 0 Å². The van der Waals surface area contributed by atoms with E-state index in [1.807, 2.05) is 12.1 Å². The first kappa shape index (κ1) is 26.9. The van der Waals surface area contributed by atoms with Gasteiger partial charge in [-0.2, -0.15) is 0 Å². The number of hydrogen-bond donors (Lipinski definition) is 1. The number of likely N-dealkylation sites (tertiary alicyclic amines) is 1. The summed E-state index contributed by atoms with van der Waals surface area (Å²) in [5, 5.41) is 9.63. The number of aromatic carboxylic acids is 1. The van der Waals surface area contributed by atoms with E-state index < -0.39 is 5.97 Å². The Bertz CT molecular complexity index is 1420. The minimum Gasteiger partial charge on any atom is -0.497 e. The zero-order valence-corrected chi connectivity index (χ0v) is 23.0.